The van der Waals surface area contributed by atoms with Crippen LogP contribution in [0.5, 0.6) is 0 Å². The summed E-state index contributed by atoms with van der Waals surface area (Å²) in [6.45, 7) is 12.9. The number of esters is 2. The van der Waals surface area contributed by atoms with Crippen LogP contribution in [0.2, 0.25) is 19.6 Å². The summed E-state index contributed by atoms with van der Waals surface area (Å²) in [4.78, 5) is 65.6. The Morgan fingerprint density at radius 1 is 0.889 bits per heavy atom. The minimum atomic E-state index is -1.86. The molecule has 3 aromatic rings. The number of nitrogens with one attached hydrogen (secondary N) is 1. The highest BCUT2D eigenvalue weighted by atomic mass is 28.3. The van der Waals surface area contributed by atoms with Gasteiger partial charge in [-0.15, -0.1) is 0 Å². The molecule has 0 spiro atoms. The Bertz CT molecular complexity index is 1610. The molecule has 11 nitrogen and oxygen atoms in total. The molecule has 0 radical (unpaired) electrons. The summed E-state index contributed by atoms with van der Waals surface area (Å²) in [6.07, 6.45) is -0.795. The first-order valence-corrected chi connectivity index (χ1v) is 18.0. The fourth-order valence-electron chi connectivity index (χ4n) is 4.38. The zero-order valence-electron chi connectivity index (χ0n) is 26.8. The predicted molar refractivity (Wildman–Crippen MR) is 172 cm³/mol. The first-order chi connectivity index (χ1) is 20.9. The SMILES string of the molecule is COC(=O)NC(Cc1ccc(N(C(=O)C(=O)OC(C)(C)C)c2ccccc2C(=O)O)c2ccccc12)C(=O)OC(C)[Si](C)(C)C. The van der Waals surface area contributed by atoms with Crippen LogP contribution in [0.25, 0.3) is 10.8 Å². The van der Waals surface area contributed by atoms with E-state index in [1.165, 1.54) is 25.3 Å². The molecular formula is C33H40N2O9Si. The molecule has 0 saturated heterocycles. The van der Waals surface area contributed by atoms with Crippen LogP contribution in [0.3, 0.4) is 0 Å². The van der Waals surface area contributed by atoms with E-state index in [4.69, 9.17) is 14.2 Å². The molecule has 0 heterocycles. The van der Waals surface area contributed by atoms with Crippen molar-refractivity contribution in [2.45, 2.75) is 71.1 Å². The van der Waals surface area contributed by atoms with Crippen LogP contribution < -0.4 is 10.2 Å². The van der Waals surface area contributed by atoms with E-state index in [1.54, 1.807) is 63.2 Å². The van der Waals surface area contributed by atoms with Gasteiger partial charge in [-0.2, -0.15) is 0 Å². The van der Waals surface area contributed by atoms with Crippen LogP contribution in [-0.4, -0.2) is 67.6 Å². The van der Waals surface area contributed by atoms with E-state index in [9.17, 15) is 29.1 Å². The van der Waals surface area contributed by atoms with Crippen molar-refractivity contribution < 1.29 is 43.3 Å². The molecule has 0 aromatic heterocycles. The van der Waals surface area contributed by atoms with Crippen molar-refractivity contribution in [1.82, 2.24) is 5.32 Å². The molecule has 0 fully saturated rings. The molecule has 2 N–H and O–H groups in total. The summed E-state index contributed by atoms with van der Waals surface area (Å²) >= 11 is 0. The van der Waals surface area contributed by atoms with Crippen LogP contribution in [-0.2, 0) is 35.0 Å². The number of fused-ring (bicyclic) bond motifs is 1. The van der Waals surface area contributed by atoms with Gasteiger partial charge in [-0.3, -0.25) is 9.69 Å². The highest BCUT2D eigenvalue weighted by molar-refractivity contribution is 6.77. The summed E-state index contributed by atoms with van der Waals surface area (Å²) in [5.74, 6) is -4.18. The van der Waals surface area contributed by atoms with Gasteiger partial charge in [0.05, 0.1) is 37.8 Å². The lowest BCUT2D eigenvalue weighted by molar-refractivity contribution is -0.162. The maximum Gasteiger partial charge on any atom is 0.407 e. The number of carboxylic acids is 1. The lowest BCUT2D eigenvalue weighted by Crippen LogP contribution is -2.47. The van der Waals surface area contributed by atoms with E-state index < -0.39 is 49.6 Å². The number of nitrogens with zero attached hydrogens (tertiary/aromatic N) is 1. The van der Waals surface area contributed by atoms with Crippen molar-refractivity contribution in [2.75, 3.05) is 12.0 Å². The molecule has 0 bridgehead atoms. The van der Waals surface area contributed by atoms with Gasteiger partial charge in [0, 0.05) is 11.8 Å². The third kappa shape index (κ3) is 8.69. The molecule has 12 heteroatoms. The zero-order valence-corrected chi connectivity index (χ0v) is 27.8. The molecule has 0 aliphatic carbocycles. The molecule has 3 rings (SSSR count). The van der Waals surface area contributed by atoms with Gasteiger partial charge in [-0.1, -0.05) is 62.1 Å². The highest BCUT2D eigenvalue weighted by Gasteiger charge is 2.34. The summed E-state index contributed by atoms with van der Waals surface area (Å²) in [5.41, 5.74) is -0.722. The zero-order chi connectivity index (χ0) is 33.7. The lowest BCUT2D eigenvalue weighted by Gasteiger charge is -2.28. The Morgan fingerprint density at radius 2 is 1.49 bits per heavy atom. The largest absolute Gasteiger partial charge is 0.478 e. The second-order valence-electron chi connectivity index (χ2n) is 12.6. The Morgan fingerprint density at radius 3 is 2.07 bits per heavy atom. The molecule has 3 aromatic carbocycles. The third-order valence-electron chi connectivity index (χ3n) is 7.08. The van der Waals surface area contributed by atoms with Crippen molar-refractivity contribution in [2.24, 2.45) is 0 Å². The number of aromatic carboxylic acids is 1. The maximum absolute atomic E-state index is 13.8. The van der Waals surface area contributed by atoms with Crippen molar-refractivity contribution in [3.8, 4) is 0 Å². The molecule has 2 amide bonds. The summed E-state index contributed by atoms with van der Waals surface area (Å²) < 4.78 is 15.9. The number of methoxy groups -OCH3 is 1. The Labute approximate surface area is 263 Å². The van der Waals surface area contributed by atoms with Gasteiger partial charge >= 0.3 is 29.9 Å². The van der Waals surface area contributed by atoms with Gasteiger partial charge in [0.1, 0.15) is 11.6 Å². The van der Waals surface area contributed by atoms with Crippen LogP contribution in [0.4, 0.5) is 16.2 Å². The summed E-state index contributed by atoms with van der Waals surface area (Å²) in [6, 6.07) is 14.9. The first-order valence-electron chi connectivity index (χ1n) is 14.4. The highest BCUT2D eigenvalue weighted by Crippen LogP contribution is 2.37. The van der Waals surface area contributed by atoms with E-state index in [2.05, 4.69) is 25.0 Å². The molecular weight excluding hydrogens is 596 g/mol. The molecule has 0 saturated carbocycles. The number of alkyl carbamates (subject to hydrolysis) is 1. The summed E-state index contributed by atoms with van der Waals surface area (Å²) in [5, 5.41) is 13.6. The number of hydrogen-bond donors (Lipinski definition) is 2. The Hall–Kier alpha value is -4.71. The Balaban J connectivity index is 2.19. The van der Waals surface area contributed by atoms with Crippen LogP contribution in [0, 0.1) is 0 Å². The maximum atomic E-state index is 13.8. The summed E-state index contributed by atoms with van der Waals surface area (Å²) in [7, 11) is -0.665. The van der Waals surface area contributed by atoms with Crippen LogP contribution in [0.15, 0.2) is 60.7 Å². The van der Waals surface area contributed by atoms with Crippen molar-refractivity contribution >= 4 is 60.1 Å². The number of carbonyl (C=O) groups is 5. The number of carbonyl (C=O) groups excluding carboxylic acids is 4. The number of hydrogen-bond acceptors (Lipinski definition) is 8. The fourth-order valence-corrected chi connectivity index (χ4v) is 4.85. The molecule has 240 valence electrons. The normalized spacial score (nSPS) is 12.9. The minimum absolute atomic E-state index is 0.0128. The van der Waals surface area contributed by atoms with Gasteiger partial charge < -0.3 is 24.6 Å². The second kappa shape index (κ2) is 13.9. The van der Waals surface area contributed by atoms with E-state index in [1.807, 2.05) is 6.92 Å². The monoisotopic (exact) mass is 636 g/mol. The van der Waals surface area contributed by atoms with E-state index in [0.717, 1.165) is 4.90 Å². The molecule has 0 aliphatic rings. The topological polar surface area (TPSA) is 149 Å². The minimum Gasteiger partial charge on any atom is -0.478 e. The van der Waals surface area contributed by atoms with Crippen molar-refractivity contribution in [3.63, 3.8) is 0 Å². The number of benzene rings is 3. The van der Waals surface area contributed by atoms with Crippen LogP contribution >= 0.6 is 0 Å². The molecule has 45 heavy (non-hydrogen) atoms. The van der Waals surface area contributed by atoms with Crippen molar-refractivity contribution in [3.05, 3.63) is 71.8 Å². The van der Waals surface area contributed by atoms with Gasteiger partial charge in [0.2, 0.25) is 0 Å². The number of carboxylic acid groups (broad SMARTS) is 1. The fraction of sp³-hybridized carbons (Fsp3) is 0.364. The van der Waals surface area contributed by atoms with Crippen LogP contribution in [0.1, 0.15) is 43.6 Å². The molecule has 2 unspecified atom stereocenters. The third-order valence-corrected chi connectivity index (χ3v) is 9.64. The average Bonchev–Trinajstić information content (AvgIpc) is 2.96. The number of ether oxygens (including phenoxy) is 3. The number of rotatable bonds is 9. The van der Waals surface area contributed by atoms with Gasteiger partial charge in [0.25, 0.3) is 0 Å². The average molecular weight is 637 g/mol. The van der Waals surface area contributed by atoms with E-state index >= 15 is 0 Å². The standard InChI is InChI=1S/C33H40N2O9Si/c1-20(45(6,7)8)43-30(39)25(34-32(41)42-5)19-21-17-18-27(23-14-10-9-13-22(21)23)35(28(36)31(40)44-33(2,3)4)26-16-12-11-15-24(26)29(37)38/h9-18,20,25H,19H2,1-8H3,(H,34,41)(H,37,38). The first kappa shape index (κ1) is 34.8. The van der Waals surface area contributed by atoms with Gasteiger partial charge in [0.15, 0.2) is 0 Å². The second-order valence-corrected chi connectivity index (χ2v) is 18.1. The van der Waals surface area contributed by atoms with E-state index in [-0.39, 0.29) is 29.1 Å². The quantitative estimate of drug-likeness (QED) is 0.132. The molecule has 0 aliphatic heterocycles. The van der Waals surface area contributed by atoms with Crippen molar-refractivity contribution in [1.29, 1.82) is 0 Å². The number of amides is 2. The van der Waals surface area contributed by atoms with E-state index in [0.29, 0.717) is 16.3 Å². The van der Waals surface area contributed by atoms with Gasteiger partial charge in [-0.05, 0) is 56.8 Å². The predicted octanol–water partition coefficient (Wildman–Crippen LogP) is 5.62. The van der Waals surface area contributed by atoms with Gasteiger partial charge in [-0.25, -0.2) is 19.2 Å². The molecule has 2 atom stereocenters. The smallest absolute Gasteiger partial charge is 0.407 e. The Kier molecular flexibility index (Phi) is 10.8. The number of anilines is 2. The lowest BCUT2D eigenvalue weighted by atomic mass is 9.96. The number of para-hydroxylation sites is 1.